The predicted octanol–water partition coefficient (Wildman–Crippen LogP) is 1.17. The minimum absolute atomic E-state index is 0.370. The Morgan fingerprint density at radius 3 is 2.86 bits per heavy atom. The summed E-state index contributed by atoms with van der Waals surface area (Å²) >= 11 is 4.23. The molecule has 0 bridgehead atoms. The normalized spacial score (nSPS) is 25.3. The third-order valence-corrected chi connectivity index (χ3v) is 2.48. The molecule has 0 aromatic rings. The average Bonchev–Trinajstić information content (AvgIpc) is 2.52. The van der Waals surface area contributed by atoms with Crippen LogP contribution < -0.4 is 5.32 Å². The van der Waals surface area contributed by atoms with Gasteiger partial charge >= 0.3 is 0 Å². The number of thiol groups is 1. The number of rotatable bonds is 5. The second-order valence-corrected chi connectivity index (χ2v) is 5.52. The van der Waals surface area contributed by atoms with Crippen molar-refractivity contribution in [2.75, 3.05) is 13.2 Å². The number of aliphatic hydroxyl groups is 1. The molecular weight excluding hydrogens is 198 g/mol. The number of ether oxygens (including phenoxy) is 1. The molecule has 1 aliphatic heterocycles. The van der Waals surface area contributed by atoms with Gasteiger partial charge in [0.25, 0.3) is 0 Å². The van der Waals surface area contributed by atoms with E-state index >= 15 is 0 Å². The van der Waals surface area contributed by atoms with E-state index in [1.165, 1.54) is 12.8 Å². The molecule has 84 valence electrons. The highest BCUT2D eigenvalue weighted by molar-refractivity contribution is 7.81. The first kappa shape index (κ1) is 12.3. The molecule has 14 heavy (non-hydrogen) atoms. The van der Waals surface area contributed by atoms with Crippen molar-refractivity contribution < 1.29 is 9.84 Å². The smallest absolute Gasteiger partial charge is 0.105 e. The Morgan fingerprint density at radius 2 is 2.36 bits per heavy atom. The monoisotopic (exact) mass is 219 g/mol. The summed E-state index contributed by atoms with van der Waals surface area (Å²) in [7, 11) is 0. The van der Waals surface area contributed by atoms with Crippen LogP contribution in [0.2, 0.25) is 0 Å². The van der Waals surface area contributed by atoms with Crippen molar-refractivity contribution >= 4 is 12.6 Å². The molecule has 4 heteroatoms. The van der Waals surface area contributed by atoms with Crippen LogP contribution in [0.15, 0.2) is 0 Å². The maximum absolute atomic E-state index is 9.67. The molecule has 1 heterocycles. The van der Waals surface area contributed by atoms with Crippen LogP contribution in [0.5, 0.6) is 0 Å². The van der Waals surface area contributed by atoms with Crippen LogP contribution >= 0.6 is 12.6 Å². The molecule has 1 rings (SSSR count). The number of aliphatic hydroxyl groups excluding tert-OH is 1. The quantitative estimate of drug-likeness (QED) is 0.480. The lowest BCUT2D eigenvalue weighted by atomic mass is 10.1. The summed E-state index contributed by atoms with van der Waals surface area (Å²) in [6.45, 7) is 5.19. The molecular formula is C10H21NO2S. The summed E-state index contributed by atoms with van der Waals surface area (Å²) < 4.78 is 5.39. The van der Waals surface area contributed by atoms with Crippen molar-refractivity contribution in [1.82, 2.24) is 5.32 Å². The maximum Gasteiger partial charge on any atom is 0.105 e. The molecule has 2 N–H and O–H groups in total. The molecule has 3 nitrogen and oxygen atoms in total. The van der Waals surface area contributed by atoms with Gasteiger partial charge in [-0.1, -0.05) is 0 Å². The lowest BCUT2D eigenvalue weighted by Gasteiger charge is -2.22. The summed E-state index contributed by atoms with van der Waals surface area (Å²) in [5.41, 5.74) is 0. The lowest BCUT2D eigenvalue weighted by molar-refractivity contribution is -0.0151. The molecule has 1 aliphatic rings. The molecule has 1 fully saturated rings. The Labute approximate surface area is 91.6 Å². The van der Waals surface area contributed by atoms with E-state index in [2.05, 4.69) is 17.9 Å². The largest absolute Gasteiger partial charge is 0.391 e. The van der Waals surface area contributed by atoms with Gasteiger partial charge in [0.2, 0.25) is 0 Å². The SMILES string of the molecule is CC(C)(S)OCC(O)CC1CCCN1. The van der Waals surface area contributed by atoms with E-state index in [4.69, 9.17) is 4.74 Å². The molecule has 0 spiro atoms. The first-order chi connectivity index (χ1) is 6.47. The molecule has 1 saturated heterocycles. The zero-order valence-electron chi connectivity index (χ0n) is 8.99. The molecule has 0 aliphatic carbocycles. The van der Waals surface area contributed by atoms with Gasteiger partial charge < -0.3 is 15.2 Å². The van der Waals surface area contributed by atoms with Gasteiger partial charge in [0, 0.05) is 6.04 Å². The van der Waals surface area contributed by atoms with Crippen molar-refractivity contribution in [2.24, 2.45) is 0 Å². The number of hydrogen-bond donors (Lipinski definition) is 3. The fourth-order valence-electron chi connectivity index (χ4n) is 1.65. The van der Waals surface area contributed by atoms with Gasteiger partial charge in [-0.2, -0.15) is 0 Å². The molecule has 0 radical (unpaired) electrons. The third-order valence-electron chi connectivity index (χ3n) is 2.35. The molecule has 0 aromatic carbocycles. The van der Waals surface area contributed by atoms with Crippen molar-refractivity contribution in [2.45, 2.75) is 50.2 Å². The van der Waals surface area contributed by atoms with Gasteiger partial charge in [0.1, 0.15) is 4.93 Å². The van der Waals surface area contributed by atoms with E-state index in [9.17, 15) is 5.11 Å². The van der Waals surface area contributed by atoms with Crippen LogP contribution in [0.1, 0.15) is 33.1 Å². The minimum Gasteiger partial charge on any atom is -0.391 e. The van der Waals surface area contributed by atoms with Crippen molar-refractivity contribution in [1.29, 1.82) is 0 Å². The van der Waals surface area contributed by atoms with Gasteiger partial charge in [0.15, 0.2) is 0 Å². The van der Waals surface area contributed by atoms with Crippen molar-refractivity contribution in [3.63, 3.8) is 0 Å². The summed E-state index contributed by atoms with van der Waals surface area (Å²) in [4.78, 5) is -0.454. The summed E-state index contributed by atoms with van der Waals surface area (Å²) in [5.74, 6) is 0. The first-order valence-corrected chi connectivity index (χ1v) is 5.70. The molecule has 2 unspecified atom stereocenters. The zero-order valence-corrected chi connectivity index (χ0v) is 9.89. The van der Waals surface area contributed by atoms with Crippen LogP contribution in [-0.2, 0) is 4.74 Å². The standard InChI is InChI=1S/C10H21NO2S/c1-10(2,14)13-7-9(12)6-8-4-3-5-11-8/h8-9,11-12,14H,3-7H2,1-2H3. The Hall–Kier alpha value is 0.230. The Kier molecular flexibility index (Phi) is 4.70. The second-order valence-electron chi connectivity index (χ2n) is 4.44. The maximum atomic E-state index is 9.67. The van der Waals surface area contributed by atoms with E-state index in [0.717, 1.165) is 13.0 Å². The summed E-state index contributed by atoms with van der Waals surface area (Å²) in [5, 5.41) is 13.0. The predicted molar refractivity (Wildman–Crippen MR) is 60.7 cm³/mol. The third kappa shape index (κ3) is 5.20. The Morgan fingerprint density at radius 1 is 1.64 bits per heavy atom. The lowest BCUT2D eigenvalue weighted by Crippen LogP contribution is -2.31. The van der Waals surface area contributed by atoms with Crippen LogP contribution in [0.4, 0.5) is 0 Å². The van der Waals surface area contributed by atoms with Crippen LogP contribution in [-0.4, -0.2) is 35.3 Å². The van der Waals surface area contributed by atoms with Gasteiger partial charge in [-0.3, -0.25) is 0 Å². The zero-order chi connectivity index (χ0) is 10.6. The van der Waals surface area contributed by atoms with Crippen molar-refractivity contribution in [3.8, 4) is 0 Å². The van der Waals surface area contributed by atoms with Crippen LogP contribution in [0, 0.1) is 0 Å². The van der Waals surface area contributed by atoms with E-state index < -0.39 is 4.93 Å². The van der Waals surface area contributed by atoms with E-state index in [0.29, 0.717) is 12.6 Å². The Balaban J connectivity index is 2.12. The fourth-order valence-corrected chi connectivity index (χ4v) is 1.73. The number of hydrogen-bond acceptors (Lipinski definition) is 4. The second kappa shape index (κ2) is 5.35. The average molecular weight is 219 g/mol. The van der Waals surface area contributed by atoms with Gasteiger partial charge in [0.05, 0.1) is 12.7 Å². The van der Waals surface area contributed by atoms with E-state index in [1.54, 1.807) is 0 Å². The molecule has 2 atom stereocenters. The topological polar surface area (TPSA) is 41.5 Å². The van der Waals surface area contributed by atoms with Crippen LogP contribution in [0.25, 0.3) is 0 Å². The van der Waals surface area contributed by atoms with Crippen molar-refractivity contribution in [3.05, 3.63) is 0 Å². The number of nitrogens with one attached hydrogen (secondary N) is 1. The minimum atomic E-state index is -0.454. The first-order valence-electron chi connectivity index (χ1n) is 5.25. The molecule has 0 aromatic heterocycles. The summed E-state index contributed by atoms with van der Waals surface area (Å²) in [6, 6.07) is 0.469. The molecule has 0 amide bonds. The van der Waals surface area contributed by atoms with E-state index in [-0.39, 0.29) is 6.10 Å². The van der Waals surface area contributed by atoms with Gasteiger partial charge in [-0.05, 0) is 39.7 Å². The van der Waals surface area contributed by atoms with Crippen LogP contribution in [0.3, 0.4) is 0 Å². The highest BCUT2D eigenvalue weighted by Gasteiger charge is 2.20. The van der Waals surface area contributed by atoms with Gasteiger partial charge in [-0.25, -0.2) is 0 Å². The fraction of sp³-hybridized carbons (Fsp3) is 1.00. The Bertz CT molecular complexity index is 164. The van der Waals surface area contributed by atoms with Gasteiger partial charge in [-0.15, -0.1) is 12.6 Å². The van der Waals surface area contributed by atoms with E-state index in [1.807, 2.05) is 13.8 Å². The highest BCUT2D eigenvalue weighted by Crippen LogP contribution is 2.16. The highest BCUT2D eigenvalue weighted by atomic mass is 32.1. The molecule has 0 saturated carbocycles. The summed E-state index contributed by atoms with van der Waals surface area (Å²) in [6.07, 6.45) is 2.79.